The van der Waals surface area contributed by atoms with Crippen molar-refractivity contribution in [3.63, 3.8) is 0 Å². The van der Waals surface area contributed by atoms with Gasteiger partial charge in [0.25, 0.3) is 0 Å². The fourth-order valence-electron chi connectivity index (χ4n) is 2.99. The standard InChI is InChI=1S/C16H28N2O2/c1-2-3-6-11-17-14(19)16(9-10-16)15(20)18-12-7-4-5-8-13-18/h2-13H2,1H3,(H,17,19). The minimum Gasteiger partial charge on any atom is -0.355 e. The Morgan fingerprint density at radius 1 is 1.05 bits per heavy atom. The summed E-state index contributed by atoms with van der Waals surface area (Å²) in [5.41, 5.74) is -0.698. The van der Waals surface area contributed by atoms with E-state index in [0.717, 1.165) is 58.0 Å². The molecule has 2 amide bonds. The van der Waals surface area contributed by atoms with Crippen molar-refractivity contribution in [2.24, 2.45) is 5.41 Å². The minimum atomic E-state index is -0.698. The lowest BCUT2D eigenvalue weighted by atomic mass is 10.0. The van der Waals surface area contributed by atoms with Crippen LogP contribution in [0.3, 0.4) is 0 Å². The zero-order chi connectivity index (χ0) is 14.4. The molecule has 114 valence electrons. The van der Waals surface area contributed by atoms with Crippen LogP contribution in [0, 0.1) is 5.41 Å². The summed E-state index contributed by atoms with van der Waals surface area (Å²) in [6.45, 7) is 4.53. The molecule has 1 aliphatic carbocycles. The molecule has 2 fully saturated rings. The molecule has 4 heteroatoms. The van der Waals surface area contributed by atoms with Crippen molar-refractivity contribution in [3.05, 3.63) is 0 Å². The molecule has 1 N–H and O–H groups in total. The topological polar surface area (TPSA) is 49.4 Å². The van der Waals surface area contributed by atoms with Gasteiger partial charge in [-0.1, -0.05) is 32.6 Å². The third kappa shape index (κ3) is 3.53. The summed E-state index contributed by atoms with van der Waals surface area (Å²) >= 11 is 0. The number of likely N-dealkylation sites (tertiary alicyclic amines) is 1. The first-order valence-corrected chi connectivity index (χ1v) is 8.28. The van der Waals surface area contributed by atoms with Crippen molar-refractivity contribution in [1.82, 2.24) is 10.2 Å². The van der Waals surface area contributed by atoms with E-state index in [4.69, 9.17) is 0 Å². The zero-order valence-electron chi connectivity index (χ0n) is 12.7. The molecule has 0 spiro atoms. The lowest BCUT2D eigenvalue weighted by Gasteiger charge is -2.25. The van der Waals surface area contributed by atoms with Crippen molar-refractivity contribution in [2.45, 2.75) is 64.7 Å². The molecule has 0 unspecified atom stereocenters. The molecule has 0 bridgehead atoms. The van der Waals surface area contributed by atoms with Crippen LogP contribution in [0.4, 0.5) is 0 Å². The first-order valence-electron chi connectivity index (χ1n) is 8.28. The highest BCUT2D eigenvalue weighted by atomic mass is 16.2. The van der Waals surface area contributed by atoms with Gasteiger partial charge in [0.2, 0.25) is 11.8 Å². The monoisotopic (exact) mass is 280 g/mol. The fraction of sp³-hybridized carbons (Fsp3) is 0.875. The number of unbranched alkanes of at least 4 members (excludes halogenated alkanes) is 2. The van der Waals surface area contributed by atoms with Gasteiger partial charge in [0.15, 0.2) is 0 Å². The van der Waals surface area contributed by atoms with E-state index in [-0.39, 0.29) is 11.8 Å². The summed E-state index contributed by atoms with van der Waals surface area (Å²) in [6.07, 6.45) is 9.35. The number of amides is 2. The van der Waals surface area contributed by atoms with Gasteiger partial charge in [0, 0.05) is 19.6 Å². The molecule has 0 radical (unpaired) electrons. The number of carbonyl (C=O) groups excluding carboxylic acids is 2. The molecule has 0 aromatic rings. The molecule has 1 saturated heterocycles. The quantitative estimate of drug-likeness (QED) is 0.600. The normalized spacial score (nSPS) is 21.1. The van der Waals surface area contributed by atoms with Gasteiger partial charge < -0.3 is 10.2 Å². The lowest BCUT2D eigenvalue weighted by molar-refractivity contribution is -0.144. The van der Waals surface area contributed by atoms with Gasteiger partial charge in [-0.3, -0.25) is 9.59 Å². The molecule has 1 saturated carbocycles. The van der Waals surface area contributed by atoms with Crippen LogP contribution in [0.2, 0.25) is 0 Å². The van der Waals surface area contributed by atoms with Gasteiger partial charge in [-0.2, -0.15) is 0 Å². The molecule has 20 heavy (non-hydrogen) atoms. The van der Waals surface area contributed by atoms with Crippen LogP contribution < -0.4 is 5.32 Å². The van der Waals surface area contributed by atoms with Gasteiger partial charge >= 0.3 is 0 Å². The van der Waals surface area contributed by atoms with Gasteiger partial charge in [-0.25, -0.2) is 0 Å². The number of hydrogen-bond acceptors (Lipinski definition) is 2. The molecule has 1 heterocycles. The highest BCUT2D eigenvalue weighted by Crippen LogP contribution is 2.47. The second-order valence-electron chi connectivity index (χ2n) is 6.25. The third-order valence-corrected chi connectivity index (χ3v) is 4.55. The Bertz CT molecular complexity index is 342. The zero-order valence-corrected chi connectivity index (χ0v) is 12.7. The summed E-state index contributed by atoms with van der Waals surface area (Å²) < 4.78 is 0. The SMILES string of the molecule is CCCCCNC(=O)C1(C(=O)N2CCCCCC2)CC1. The Kier molecular flexibility index (Phi) is 5.44. The second-order valence-corrected chi connectivity index (χ2v) is 6.25. The Hall–Kier alpha value is -1.06. The lowest BCUT2D eigenvalue weighted by Crippen LogP contribution is -2.45. The smallest absolute Gasteiger partial charge is 0.238 e. The molecule has 2 aliphatic rings. The van der Waals surface area contributed by atoms with Gasteiger partial charge in [-0.05, 0) is 32.1 Å². The summed E-state index contributed by atoms with van der Waals surface area (Å²) in [5.74, 6) is 0.0650. The summed E-state index contributed by atoms with van der Waals surface area (Å²) in [6, 6.07) is 0. The largest absolute Gasteiger partial charge is 0.355 e. The van der Waals surface area contributed by atoms with Crippen LogP contribution in [0.25, 0.3) is 0 Å². The Balaban J connectivity index is 1.85. The Labute approximate surface area is 122 Å². The van der Waals surface area contributed by atoms with E-state index in [1.165, 1.54) is 12.8 Å². The predicted molar refractivity (Wildman–Crippen MR) is 79.2 cm³/mol. The van der Waals surface area contributed by atoms with Crippen LogP contribution in [-0.2, 0) is 9.59 Å². The fourth-order valence-corrected chi connectivity index (χ4v) is 2.99. The van der Waals surface area contributed by atoms with Gasteiger partial charge in [-0.15, -0.1) is 0 Å². The summed E-state index contributed by atoms with van der Waals surface area (Å²) in [5, 5.41) is 2.97. The van der Waals surface area contributed by atoms with E-state index in [1.807, 2.05) is 4.90 Å². The van der Waals surface area contributed by atoms with E-state index in [1.54, 1.807) is 0 Å². The number of rotatable bonds is 6. The van der Waals surface area contributed by atoms with E-state index in [2.05, 4.69) is 12.2 Å². The average Bonchev–Trinajstić information content (AvgIpc) is 3.26. The highest BCUT2D eigenvalue weighted by Gasteiger charge is 2.57. The summed E-state index contributed by atoms with van der Waals surface area (Å²) in [7, 11) is 0. The number of nitrogens with zero attached hydrogens (tertiary/aromatic N) is 1. The summed E-state index contributed by atoms with van der Waals surface area (Å²) in [4.78, 5) is 26.9. The van der Waals surface area contributed by atoms with Crippen LogP contribution >= 0.6 is 0 Å². The van der Waals surface area contributed by atoms with E-state index in [9.17, 15) is 9.59 Å². The predicted octanol–water partition coefficient (Wildman–Crippen LogP) is 2.48. The van der Waals surface area contributed by atoms with E-state index >= 15 is 0 Å². The second kappa shape index (κ2) is 7.09. The number of nitrogens with one attached hydrogen (secondary N) is 1. The van der Waals surface area contributed by atoms with E-state index < -0.39 is 5.41 Å². The van der Waals surface area contributed by atoms with Crippen molar-refractivity contribution in [2.75, 3.05) is 19.6 Å². The highest BCUT2D eigenvalue weighted by molar-refractivity contribution is 6.07. The van der Waals surface area contributed by atoms with E-state index in [0.29, 0.717) is 6.54 Å². The molecular weight excluding hydrogens is 252 g/mol. The maximum absolute atomic E-state index is 12.6. The maximum Gasteiger partial charge on any atom is 0.238 e. The number of carbonyl (C=O) groups is 2. The minimum absolute atomic E-state index is 0.0251. The van der Waals surface area contributed by atoms with Crippen molar-refractivity contribution >= 4 is 11.8 Å². The Morgan fingerprint density at radius 3 is 2.25 bits per heavy atom. The molecule has 1 aliphatic heterocycles. The molecule has 4 nitrogen and oxygen atoms in total. The van der Waals surface area contributed by atoms with Crippen LogP contribution in [0.5, 0.6) is 0 Å². The molecule has 0 atom stereocenters. The molecule has 0 aromatic heterocycles. The van der Waals surface area contributed by atoms with Crippen molar-refractivity contribution in [3.8, 4) is 0 Å². The number of hydrogen-bond donors (Lipinski definition) is 1. The van der Waals surface area contributed by atoms with Crippen LogP contribution in [0.15, 0.2) is 0 Å². The molecule has 0 aromatic carbocycles. The van der Waals surface area contributed by atoms with Crippen molar-refractivity contribution < 1.29 is 9.59 Å². The van der Waals surface area contributed by atoms with Crippen LogP contribution in [0.1, 0.15) is 64.7 Å². The molecule has 2 rings (SSSR count). The first-order chi connectivity index (χ1) is 9.70. The van der Waals surface area contributed by atoms with Crippen molar-refractivity contribution in [1.29, 1.82) is 0 Å². The third-order valence-electron chi connectivity index (χ3n) is 4.55. The van der Waals surface area contributed by atoms with Gasteiger partial charge in [0.1, 0.15) is 5.41 Å². The average molecular weight is 280 g/mol. The maximum atomic E-state index is 12.6. The Morgan fingerprint density at radius 2 is 1.70 bits per heavy atom. The first kappa shape index (κ1) is 15.3. The van der Waals surface area contributed by atoms with Crippen LogP contribution in [-0.4, -0.2) is 36.3 Å². The van der Waals surface area contributed by atoms with Gasteiger partial charge in [0.05, 0.1) is 0 Å². The molecular formula is C16H28N2O2.